The topological polar surface area (TPSA) is 81.0 Å². The number of thiophene rings is 1. The molecule has 0 saturated carbocycles. The molecule has 1 saturated heterocycles. The van der Waals surface area contributed by atoms with Crippen molar-refractivity contribution < 1.29 is 28.2 Å². The van der Waals surface area contributed by atoms with Gasteiger partial charge >= 0.3 is 5.97 Å². The van der Waals surface area contributed by atoms with E-state index >= 15 is 4.39 Å². The Balaban J connectivity index is 1.53. The zero-order chi connectivity index (χ0) is 27.7. The van der Waals surface area contributed by atoms with E-state index in [2.05, 4.69) is 24.1 Å². The van der Waals surface area contributed by atoms with Gasteiger partial charge in [-0.25, -0.2) is 13.6 Å². The molecule has 0 bridgehead atoms. The number of likely N-dealkylation sites (tertiary alicyclic amines) is 1. The number of hydrogen-bond acceptors (Lipinski definition) is 6. The largest absolute Gasteiger partial charge is 0.479 e. The first kappa shape index (κ1) is 27.0. The number of methoxy groups -OCH3 is 1. The van der Waals surface area contributed by atoms with Crippen LogP contribution >= 0.6 is 11.3 Å². The number of benzene rings is 2. The van der Waals surface area contributed by atoms with Gasteiger partial charge in [0.1, 0.15) is 22.1 Å². The van der Waals surface area contributed by atoms with E-state index < -0.39 is 29.2 Å². The summed E-state index contributed by atoms with van der Waals surface area (Å²) in [4.78, 5) is 28.9. The molecule has 5 rings (SSSR count). The van der Waals surface area contributed by atoms with Crippen LogP contribution in [-0.2, 0) is 9.53 Å². The maximum atomic E-state index is 15.3. The second kappa shape index (κ2) is 11.3. The van der Waals surface area contributed by atoms with Gasteiger partial charge in [-0.2, -0.15) is 0 Å². The summed E-state index contributed by atoms with van der Waals surface area (Å²) in [6, 6.07) is 11.3. The lowest BCUT2D eigenvalue weighted by molar-refractivity contribution is -0.139. The highest BCUT2D eigenvalue weighted by Crippen LogP contribution is 2.36. The number of halogens is 2. The van der Waals surface area contributed by atoms with Crippen molar-refractivity contribution in [2.24, 2.45) is 0 Å². The summed E-state index contributed by atoms with van der Waals surface area (Å²) in [5, 5.41) is 10.2. The molecule has 1 aliphatic heterocycles. The Kier molecular flexibility index (Phi) is 7.79. The smallest absolute Gasteiger partial charge is 0.331 e. The number of nitrogens with zero attached hydrogens (tertiary/aromatic N) is 2. The zero-order valence-corrected chi connectivity index (χ0v) is 22.3. The molecular weight excluding hydrogens is 526 g/mol. The molecular formula is C29H28F2N2O5S. The molecule has 0 amide bonds. The van der Waals surface area contributed by atoms with Crippen molar-refractivity contribution in [1.82, 2.24) is 9.47 Å². The second-order valence-electron chi connectivity index (χ2n) is 9.72. The minimum absolute atomic E-state index is 0.00891. The molecule has 39 heavy (non-hydrogen) atoms. The average Bonchev–Trinajstić information content (AvgIpc) is 3.38. The molecule has 3 heterocycles. The first-order valence-corrected chi connectivity index (χ1v) is 13.4. The van der Waals surface area contributed by atoms with Crippen LogP contribution in [0.4, 0.5) is 8.78 Å². The summed E-state index contributed by atoms with van der Waals surface area (Å²) >= 11 is 1.09. The van der Waals surface area contributed by atoms with Crippen molar-refractivity contribution in [3.63, 3.8) is 0 Å². The van der Waals surface area contributed by atoms with Crippen molar-refractivity contribution in [2.45, 2.75) is 24.8 Å². The number of carbonyl (C=O) groups is 1. The molecule has 0 radical (unpaired) electrons. The Morgan fingerprint density at radius 2 is 1.85 bits per heavy atom. The van der Waals surface area contributed by atoms with Gasteiger partial charge in [0.25, 0.3) is 5.56 Å². The molecule has 0 spiro atoms. The lowest BCUT2D eigenvalue weighted by Crippen LogP contribution is -2.31. The molecule has 0 aliphatic carbocycles. The van der Waals surface area contributed by atoms with E-state index in [0.29, 0.717) is 10.8 Å². The minimum atomic E-state index is -1.72. The number of ether oxygens (including phenoxy) is 2. The number of rotatable bonds is 8. The summed E-state index contributed by atoms with van der Waals surface area (Å²) < 4.78 is 40.6. The molecule has 1 unspecified atom stereocenters. The Morgan fingerprint density at radius 3 is 2.51 bits per heavy atom. The van der Waals surface area contributed by atoms with Gasteiger partial charge in [-0.3, -0.25) is 9.36 Å². The van der Waals surface area contributed by atoms with Crippen LogP contribution in [0, 0.1) is 11.6 Å². The van der Waals surface area contributed by atoms with E-state index in [1.807, 2.05) is 12.1 Å². The Bertz CT molecular complexity index is 1560. The fraction of sp³-hybridized carbons (Fsp3) is 0.310. The SMILES string of the molecule is COCOc1ccc(F)cc1C(C(=O)O)n1cc(F)c2cc(-c3ccc(C4CCN(C)CC4)cc3)sc2c1=O. The van der Waals surface area contributed by atoms with Crippen LogP contribution in [0.15, 0.2) is 59.5 Å². The number of pyridine rings is 1. The second-order valence-corrected chi connectivity index (χ2v) is 10.8. The van der Waals surface area contributed by atoms with Gasteiger partial charge in [-0.15, -0.1) is 11.3 Å². The number of aromatic nitrogens is 1. The van der Waals surface area contributed by atoms with Gasteiger partial charge < -0.3 is 19.5 Å². The first-order chi connectivity index (χ1) is 18.8. The third-order valence-corrected chi connectivity index (χ3v) is 8.34. The number of carboxylic acid groups (broad SMARTS) is 1. The number of aliphatic carboxylic acids is 1. The zero-order valence-electron chi connectivity index (χ0n) is 21.5. The van der Waals surface area contributed by atoms with Crippen LogP contribution in [-0.4, -0.2) is 54.6 Å². The van der Waals surface area contributed by atoms with Gasteiger partial charge in [-0.1, -0.05) is 24.3 Å². The van der Waals surface area contributed by atoms with Crippen molar-refractivity contribution >= 4 is 27.4 Å². The summed E-state index contributed by atoms with van der Waals surface area (Å²) in [6.45, 7) is 1.89. The quantitative estimate of drug-likeness (QED) is 0.291. The summed E-state index contributed by atoms with van der Waals surface area (Å²) in [7, 11) is 3.50. The summed E-state index contributed by atoms with van der Waals surface area (Å²) in [6.07, 6.45) is 3.05. The van der Waals surface area contributed by atoms with Crippen LogP contribution in [0.5, 0.6) is 5.75 Å². The number of fused-ring (bicyclic) bond motifs is 1. The van der Waals surface area contributed by atoms with E-state index in [9.17, 15) is 19.1 Å². The van der Waals surface area contributed by atoms with Gasteiger partial charge in [0.2, 0.25) is 0 Å². The highest BCUT2D eigenvalue weighted by molar-refractivity contribution is 7.22. The van der Waals surface area contributed by atoms with Crippen LogP contribution in [0.2, 0.25) is 0 Å². The van der Waals surface area contributed by atoms with Gasteiger partial charge in [-0.05, 0) is 74.3 Å². The number of piperidine rings is 1. The van der Waals surface area contributed by atoms with Crippen LogP contribution in [0.3, 0.4) is 0 Å². The molecule has 1 aliphatic rings. The normalized spacial score (nSPS) is 15.5. The third-order valence-electron chi connectivity index (χ3n) is 7.17. The predicted molar refractivity (Wildman–Crippen MR) is 146 cm³/mol. The molecule has 204 valence electrons. The van der Waals surface area contributed by atoms with Crippen molar-refractivity contribution in [2.75, 3.05) is 34.0 Å². The third kappa shape index (κ3) is 5.45. The molecule has 2 aromatic carbocycles. The van der Waals surface area contributed by atoms with Crippen LogP contribution in [0.25, 0.3) is 20.5 Å². The van der Waals surface area contributed by atoms with E-state index in [0.717, 1.165) is 65.7 Å². The van der Waals surface area contributed by atoms with Gasteiger partial charge in [0, 0.05) is 29.1 Å². The fourth-order valence-corrected chi connectivity index (χ4v) is 6.19. The number of carboxylic acids is 1. The summed E-state index contributed by atoms with van der Waals surface area (Å²) in [5.41, 5.74) is 1.27. The summed E-state index contributed by atoms with van der Waals surface area (Å²) in [5.74, 6) is -2.44. The maximum Gasteiger partial charge on any atom is 0.331 e. The van der Waals surface area contributed by atoms with Gasteiger partial charge in [0.15, 0.2) is 12.8 Å². The molecule has 1 N–H and O–H groups in total. The van der Waals surface area contributed by atoms with Crippen molar-refractivity contribution in [1.29, 1.82) is 0 Å². The molecule has 7 nitrogen and oxygen atoms in total. The Labute approximate surface area is 227 Å². The van der Waals surface area contributed by atoms with Crippen molar-refractivity contribution in [3.8, 4) is 16.2 Å². The highest BCUT2D eigenvalue weighted by atomic mass is 32.1. The minimum Gasteiger partial charge on any atom is -0.479 e. The molecule has 1 fully saturated rings. The average molecular weight is 555 g/mol. The van der Waals surface area contributed by atoms with E-state index in [1.54, 1.807) is 6.07 Å². The molecule has 4 aromatic rings. The standard InChI is InChI=1S/C29H28F2N2O5S/c1-32-11-9-18(10-12-32)17-3-5-19(6-4-17)25-14-21-23(31)15-33(28(34)27(21)39-25)26(29(35)36)22-13-20(30)7-8-24(22)38-16-37-2/h3-8,13-15,18,26H,9-12,16H2,1-2H3,(H,35,36). The molecule has 1 atom stereocenters. The number of hydrogen-bond donors (Lipinski definition) is 1. The lowest BCUT2D eigenvalue weighted by atomic mass is 9.89. The lowest BCUT2D eigenvalue weighted by Gasteiger charge is -2.29. The highest BCUT2D eigenvalue weighted by Gasteiger charge is 2.29. The van der Waals surface area contributed by atoms with E-state index in [4.69, 9.17) is 9.47 Å². The van der Waals surface area contributed by atoms with Crippen molar-refractivity contribution in [3.05, 3.63) is 87.8 Å². The Morgan fingerprint density at radius 1 is 1.13 bits per heavy atom. The van der Waals surface area contributed by atoms with E-state index in [-0.39, 0.29) is 28.2 Å². The van der Waals surface area contributed by atoms with Gasteiger partial charge in [0.05, 0.1) is 0 Å². The maximum absolute atomic E-state index is 15.3. The first-order valence-electron chi connectivity index (χ1n) is 12.5. The molecule has 2 aromatic heterocycles. The monoisotopic (exact) mass is 554 g/mol. The van der Waals surface area contributed by atoms with Crippen LogP contribution < -0.4 is 10.3 Å². The Hall–Kier alpha value is -3.60. The molecule has 10 heteroatoms. The van der Waals surface area contributed by atoms with Crippen LogP contribution in [0.1, 0.15) is 35.9 Å². The predicted octanol–water partition coefficient (Wildman–Crippen LogP) is 5.47. The fourth-order valence-electron chi connectivity index (χ4n) is 5.08. The van der Waals surface area contributed by atoms with E-state index in [1.165, 1.54) is 18.7 Å².